The zero-order valence-electron chi connectivity index (χ0n) is 12.3. The second-order valence-electron chi connectivity index (χ2n) is 5.18. The minimum absolute atomic E-state index is 0.313. The molecule has 2 N–H and O–H groups in total. The van der Waals surface area contributed by atoms with Crippen LogP contribution in [0.25, 0.3) is 0 Å². The first-order chi connectivity index (χ1) is 8.88. The largest absolute Gasteiger partial charge is 0.496 e. The van der Waals surface area contributed by atoms with Gasteiger partial charge in [0.25, 0.3) is 0 Å². The molecule has 0 heterocycles. The third-order valence-electron chi connectivity index (χ3n) is 3.57. The van der Waals surface area contributed by atoms with Gasteiger partial charge in [0.1, 0.15) is 5.75 Å². The molecule has 1 rings (SSSR count). The molecule has 0 aliphatic heterocycles. The topological polar surface area (TPSA) is 58.6 Å². The smallest absolute Gasteiger partial charge is 0.311 e. The fourth-order valence-corrected chi connectivity index (χ4v) is 2.26. The van der Waals surface area contributed by atoms with Gasteiger partial charge in [-0.15, -0.1) is 0 Å². The Morgan fingerprint density at radius 3 is 2.53 bits per heavy atom. The van der Waals surface area contributed by atoms with E-state index in [2.05, 4.69) is 12.2 Å². The van der Waals surface area contributed by atoms with Crippen LogP contribution < -0.4 is 10.1 Å². The summed E-state index contributed by atoms with van der Waals surface area (Å²) in [6.45, 7) is 5.51. The maximum atomic E-state index is 11.5. The molecule has 0 aliphatic rings. The fraction of sp³-hybridized carbons (Fsp3) is 0.533. The van der Waals surface area contributed by atoms with Crippen LogP contribution in [-0.4, -0.2) is 25.2 Å². The van der Waals surface area contributed by atoms with E-state index in [-0.39, 0.29) is 6.04 Å². The van der Waals surface area contributed by atoms with Crippen molar-refractivity contribution < 1.29 is 14.6 Å². The Kier molecular flexibility index (Phi) is 4.95. The number of aliphatic carboxylic acids is 1. The van der Waals surface area contributed by atoms with Crippen LogP contribution in [0.5, 0.6) is 5.75 Å². The van der Waals surface area contributed by atoms with E-state index >= 15 is 0 Å². The lowest BCUT2D eigenvalue weighted by atomic mass is 9.79. The third kappa shape index (κ3) is 3.07. The number of nitrogens with one attached hydrogen (secondary N) is 1. The summed E-state index contributed by atoms with van der Waals surface area (Å²) in [7, 11) is 3.37. The second kappa shape index (κ2) is 6.06. The lowest BCUT2D eigenvalue weighted by Crippen LogP contribution is -2.38. The van der Waals surface area contributed by atoms with Gasteiger partial charge in [-0.2, -0.15) is 0 Å². The number of ether oxygens (including phenoxy) is 1. The van der Waals surface area contributed by atoms with Gasteiger partial charge in [0.2, 0.25) is 0 Å². The van der Waals surface area contributed by atoms with Crippen molar-refractivity contribution in [2.75, 3.05) is 14.2 Å². The van der Waals surface area contributed by atoms with Crippen LogP contribution in [0.4, 0.5) is 0 Å². The molecule has 19 heavy (non-hydrogen) atoms. The van der Waals surface area contributed by atoms with E-state index in [1.54, 1.807) is 28.0 Å². The highest BCUT2D eigenvalue weighted by Gasteiger charge is 2.38. The maximum absolute atomic E-state index is 11.5. The first-order valence-electron chi connectivity index (χ1n) is 6.45. The lowest BCUT2D eigenvalue weighted by molar-refractivity contribution is -0.148. The Balaban J connectivity index is 3.34. The molecule has 4 heteroatoms. The van der Waals surface area contributed by atoms with E-state index in [0.717, 1.165) is 17.5 Å². The number of hydrogen-bond acceptors (Lipinski definition) is 3. The van der Waals surface area contributed by atoms with Crippen LogP contribution in [0, 0.1) is 5.41 Å². The van der Waals surface area contributed by atoms with E-state index in [0.29, 0.717) is 5.75 Å². The number of carbonyl (C=O) groups is 1. The van der Waals surface area contributed by atoms with Crippen LogP contribution in [0.1, 0.15) is 37.9 Å². The van der Waals surface area contributed by atoms with Gasteiger partial charge in [0.05, 0.1) is 18.6 Å². The molecular weight excluding hydrogens is 242 g/mol. The molecule has 1 atom stereocenters. The van der Waals surface area contributed by atoms with Crippen LogP contribution >= 0.6 is 0 Å². The zero-order valence-corrected chi connectivity index (χ0v) is 12.3. The zero-order chi connectivity index (χ0) is 14.6. The van der Waals surface area contributed by atoms with E-state index in [1.165, 1.54) is 0 Å². The lowest BCUT2D eigenvalue weighted by Gasteiger charge is -2.31. The fourth-order valence-electron chi connectivity index (χ4n) is 2.26. The van der Waals surface area contributed by atoms with E-state index in [4.69, 9.17) is 4.74 Å². The number of benzene rings is 1. The molecule has 106 valence electrons. The number of hydrogen-bond donors (Lipinski definition) is 2. The van der Waals surface area contributed by atoms with Crippen LogP contribution in [0.2, 0.25) is 0 Å². The number of rotatable bonds is 6. The molecule has 1 unspecified atom stereocenters. The van der Waals surface area contributed by atoms with Gasteiger partial charge in [-0.3, -0.25) is 4.79 Å². The molecule has 0 bridgehead atoms. The molecule has 0 aliphatic carbocycles. The molecule has 0 spiro atoms. The summed E-state index contributed by atoms with van der Waals surface area (Å²) in [5.41, 5.74) is 1.13. The van der Waals surface area contributed by atoms with Crippen LogP contribution in [0.15, 0.2) is 18.2 Å². The number of carboxylic acid groups (broad SMARTS) is 1. The van der Waals surface area contributed by atoms with Crippen molar-refractivity contribution in [2.45, 2.75) is 33.2 Å². The minimum Gasteiger partial charge on any atom is -0.496 e. The molecule has 1 aromatic rings. The molecule has 4 nitrogen and oxygen atoms in total. The minimum atomic E-state index is -0.922. The molecule has 0 fully saturated rings. The normalized spacial score (nSPS) is 13.1. The van der Waals surface area contributed by atoms with Gasteiger partial charge in [-0.1, -0.05) is 19.1 Å². The third-order valence-corrected chi connectivity index (χ3v) is 3.57. The van der Waals surface area contributed by atoms with Crippen molar-refractivity contribution in [3.63, 3.8) is 0 Å². The van der Waals surface area contributed by atoms with Crippen LogP contribution in [0.3, 0.4) is 0 Å². The molecule has 1 aromatic carbocycles. The second-order valence-corrected chi connectivity index (χ2v) is 5.18. The van der Waals surface area contributed by atoms with Gasteiger partial charge in [0.15, 0.2) is 0 Å². The highest BCUT2D eigenvalue weighted by atomic mass is 16.5. The first kappa shape index (κ1) is 15.5. The Morgan fingerprint density at radius 2 is 2.11 bits per heavy atom. The van der Waals surface area contributed by atoms with Crippen molar-refractivity contribution in [2.24, 2.45) is 5.41 Å². The molecule has 0 aromatic heterocycles. The molecular formula is C15H23NO3. The predicted molar refractivity (Wildman–Crippen MR) is 75.6 cm³/mol. The summed E-state index contributed by atoms with van der Waals surface area (Å²) < 4.78 is 5.37. The average molecular weight is 265 g/mol. The van der Waals surface area contributed by atoms with Crippen molar-refractivity contribution in [3.8, 4) is 5.75 Å². The van der Waals surface area contributed by atoms with Gasteiger partial charge in [0, 0.05) is 5.56 Å². The molecule has 0 radical (unpaired) electrons. The highest BCUT2D eigenvalue weighted by molar-refractivity contribution is 5.75. The predicted octanol–water partition coefficient (Wildman–Crippen LogP) is 2.63. The molecule has 0 amide bonds. The Hall–Kier alpha value is -1.55. The monoisotopic (exact) mass is 265 g/mol. The van der Waals surface area contributed by atoms with Crippen molar-refractivity contribution in [3.05, 3.63) is 29.3 Å². The number of carboxylic acids is 1. The quantitative estimate of drug-likeness (QED) is 0.830. The standard InChI is InChI=1S/C15H23NO3/c1-6-10-7-8-12(19-5)11(9-10)13(16-4)15(2,3)14(17)18/h7-9,13,16H,6H2,1-5H3,(H,17,18). The van der Waals surface area contributed by atoms with Gasteiger partial charge in [-0.25, -0.2) is 0 Å². The van der Waals surface area contributed by atoms with Gasteiger partial charge >= 0.3 is 5.97 Å². The molecule has 0 saturated heterocycles. The summed E-state index contributed by atoms with van der Waals surface area (Å²) in [6, 6.07) is 5.61. The van der Waals surface area contributed by atoms with Gasteiger partial charge < -0.3 is 15.2 Å². The Bertz CT molecular complexity index is 455. The maximum Gasteiger partial charge on any atom is 0.311 e. The Morgan fingerprint density at radius 1 is 1.47 bits per heavy atom. The highest BCUT2D eigenvalue weighted by Crippen LogP contribution is 2.38. The number of methoxy groups -OCH3 is 1. The van der Waals surface area contributed by atoms with Crippen molar-refractivity contribution in [1.29, 1.82) is 0 Å². The average Bonchev–Trinajstić information content (AvgIpc) is 2.38. The summed E-state index contributed by atoms with van der Waals surface area (Å²) >= 11 is 0. The van der Waals surface area contributed by atoms with Crippen molar-refractivity contribution in [1.82, 2.24) is 5.32 Å². The summed E-state index contributed by atoms with van der Waals surface area (Å²) in [6.07, 6.45) is 0.904. The summed E-state index contributed by atoms with van der Waals surface area (Å²) in [4.78, 5) is 11.5. The van der Waals surface area contributed by atoms with E-state index < -0.39 is 11.4 Å². The SMILES string of the molecule is CCc1ccc(OC)c(C(NC)C(C)(C)C(=O)O)c1. The van der Waals surface area contributed by atoms with Crippen LogP contribution in [-0.2, 0) is 11.2 Å². The van der Waals surface area contributed by atoms with E-state index in [9.17, 15) is 9.90 Å². The van der Waals surface area contributed by atoms with E-state index in [1.807, 2.05) is 18.2 Å². The Labute approximate surface area is 114 Å². The summed E-state index contributed by atoms with van der Waals surface area (Å²) in [5, 5.41) is 12.5. The van der Waals surface area contributed by atoms with Crippen molar-refractivity contribution >= 4 is 5.97 Å². The summed E-state index contributed by atoms with van der Waals surface area (Å²) in [5.74, 6) is -0.123. The first-order valence-corrected chi connectivity index (χ1v) is 6.45. The van der Waals surface area contributed by atoms with Gasteiger partial charge in [-0.05, 0) is 38.9 Å². The molecule has 0 saturated carbocycles. The number of aryl methyl sites for hydroxylation is 1.